The highest BCUT2D eigenvalue weighted by Gasteiger charge is 2.22. The number of thiazole rings is 1. The molecule has 0 atom stereocenters. The number of furan rings is 1. The van der Waals surface area contributed by atoms with Crippen LogP contribution >= 0.6 is 11.3 Å². The number of nitrogens with zero attached hydrogens (tertiary/aromatic N) is 2. The lowest BCUT2D eigenvalue weighted by Crippen LogP contribution is -2.26. The first kappa shape index (κ1) is 20.3. The zero-order chi connectivity index (χ0) is 21.3. The number of benzene rings is 2. The van der Waals surface area contributed by atoms with Gasteiger partial charge < -0.3 is 9.73 Å². The number of carbonyl (C=O) groups is 1. The van der Waals surface area contributed by atoms with E-state index < -0.39 is 10.0 Å². The summed E-state index contributed by atoms with van der Waals surface area (Å²) < 4.78 is 32.9. The molecule has 0 radical (unpaired) electrons. The highest BCUT2D eigenvalue weighted by Crippen LogP contribution is 2.25. The number of sulfonamides is 1. The molecule has 0 spiro atoms. The molecule has 0 aliphatic heterocycles. The molecular weight excluding hydrogens is 422 g/mol. The predicted molar refractivity (Wildman–Crippen MR) is 116 cm³/mol. The molecule has 1 amide bonds. The molecule has 4 rings (SSSR count). The molecule has 0 aliphatic carbocycles. The SMILES string of the molecule is Cc1nc2cc(NC(=O)c3ccc(S(=O)(=O)N(C)Cc4ccco4)cc3)ccc2s1. The molecular formula is C21H19N3O4S2. The summed E-state index contributed by atoms with van der Waals surface area (Å²) in [5, 5.41) is 3.78. The van der Waals surface area contributed by atoms with Crippen LogP contribution in [0.2, 0.25) is 0 Å². The van der Waals surface area contributed by atoms with Crippen LogP contribution in [0.3, 0.4) is 0 Å². The van der Waals surface area contributed by atoms with Gasteiger partial charge in [0, 0.05) is 18.3 Å². The molecule has 4 aromatic rings. The smallest absolute Gasteiger partial charge is 0.255 e. The van der Waals surface area contributed by atoms with Gasteiger partial charge in [-0.3, -0.25) is 4.79 Å². The number of fused-ring (bicyclic) bond motifs is 1. The van der Waals surface area contributed by atoms with E-state index in [1.807, 2.05) is 25.1 Å². The Labute approximate surface area is 178 Å². The van der Waals surface area contributed by atoms with Gasteiger partial charge in [0.1, 0.15) is 5.76 Å². The Morgan fingerprint density at radius 1 is 1.17 bits per heavy atom. The molecule has 7 nitrogen and oxygen atoms in total. The van der Waals surface area contributed by atoms with Gasteiger partial charge >= 0.3 is 0 Å². The highest BCUT2D eigenvalue weighted by molar-refractivity contribution is 7.89. The molecule has 2 aromatic carbocycles. The predicted octanol–water partition coefficient (Wildman–Crippen LogP) is 4.27. The van der Waals surface area contributed by atoms with Crippen LogP contribution in [0.4, 0.5) is 5.69 Å². The van der Waals surface area contributed by atoms with Crippen molar-refractivity contribution in [1.82, 2.24) is 9.29 Å². The number of hydrogen-bond donors (Lipinski definition) is 1. The maximum absolute atomic E-state index is 12.7. The monoisotopic (exact) mass is 441 g/mol. The summed E-state index contributed by atoms with van der Waals surface area (Å²) in [5.74, 6) is 0.221. The first-order valence-electron chi connectivity index (χ1n) is 9.10. The number of amides is 1. The van der Waals surface area contributed by atoms with Crippen molar-refractivity contribution in [3.05, 3.63) is 77.2 Å². The third kappa shape index (κ3) is 4.13. The molecule has 2 heterocycles. The first-order chi connectivity index (χ1) is 14.3. The number of aromatic nitrogens is 1. The number of aryl methyl sites for hydroxylation is 1. The van der Waals surface area contributed by atoms with Gasteiger partial charge in [-0.1, -0.05) is 0 Å². The van der Waals surface area contributed by atoms with Crippen LogP contribution in [0.15, 0.2) is 70.2 Å². The summed E-state index contributed by atoms with van der Waals surface area (Å²) in [6.07, 6.45) is 1.50. The normalized spacial score (nSPS) is 11.8. The molecule has 0 bridgehead atoms. The van der Waals surface area contributed by atoms with Gasteiger partial charge in [-0.25, -0.2) is 13.4 Å². The van der Waals surface area contributed by atoms with Gasteiger partial charge in [0.25, 0.3) is 5.91 Å². The molecule has 1 N–H and O–H groups in total. The second-order valence-corrected chi connectivity index (χ2v) is 10.0. The molecule has 0 unspecified atom stereocenters. The van der Waals surface area contributed by atoms with Crippen LogP contribution in [0, 0.1) is 6.92 Å². The zero-order valence-corrected chi connectivity index (χ0v) is 18.0. The van der Waals surface area contributed by atoms with E-state index in [0.717, 1.165) is 15.2 Å². The number of carbonyl (C=O) groups excluding carboxylic acids is 1. The van der Waals surface area contributed by atoms with Crippen LogP contribution < -0.4 is 5.32 Å². The third-order valence-corrected chi connectivity index (χ3v) is 7.31. The lowest BCUT2D eigenvalue weighted by molar-refractivity contribution is 0.102. The van der Waals surface area contributed by atoms with Crippen LogP contribution in [-0.4, -0.2) is 30.7 Å². The minimum Gasteiger partial charge on any atom is -0.468 e. The average molecular weight is 442 g/mol. The molecule has 0 aliphatic rings. The zero-order valence-electron chi connectivity index (χ0n) is 16.3. The van der Waals surface area contributed by atoms with Crippen molar-refractivity contribution in [2.24, 2.45) is 0 Å². The average Bonchev–Trinajstić information content (AvgIpc) is 3.36. The molecule has 0 saturated carbocycles. The summed E-state index contributed by atoms with van der Waals surface area (Å²) in [5.41, 5.74) is 1.82. The van der Waals surface area contributed by atoms with Crippen LogP contribution in [-0.2, 0) is 16.6 Å². The Bertz CT molecular complexity index is 1290. The number of rotatable bonds is 6. The topological polar surface area (TPSA) is 92.5 Å². The van der Waals surface area contributed by atoms with E-state index in [1.165, 1.54) is 41.9 Å². The molecule has 0 fully saturated rings. The van der Waals surface area contributed by atoms with Crippen molar-refractivity contribution >= 4 is 43.2 Å². The van der Waals surface area contributed by atoms with Crippen molar-refractivity contribution in [3.63, 3.8) is 0 Å². The van der Waals surface area contributed by atoms with E-state index in [4.69, 9.17) is 4.42 Å². The van der Waals surface area contributed by atoms with E-state index in [9.17, 15) is 13.2 Å². The highest BCUT2D eigenvalue weighted by atomic mass is 32.2. The van der Waals surface area contributed by atoms with Crippen molar-refractivity contribution in [3.8, 4) is 0 Å². The fourth-order valence-corrected chi connectivity index (χ4v) is 4.93. The first-order valence-corrected chi connectivity index (χ1v) is 11.4. The molecule has 9 heteroatoms. The Morgan fingerprint density at radius 2 is 1.93 bits per heavy atom. The lowest BCUT2D eigenvalue weighted by Gasteiger charge is -2.16. The summed E-state index contributed by atoms with van der Waals surface area (Å²) >= 11 is 1.59. The van der Waals surface area contributed by atoms with Gasteiger partial charge in [0.2, 0.25) is 10.0 Å². The van der Waals surface area contributed by atoms with Gasteiger partial charge in [0.15, 0.2) is 0 Å². The Kier molecular flexibility index (Phi) is 5.42. The van der Waals surface area contributed by atoms with E-state index in [1.54, 1.807) is 23.5 Å². The van der Waals surface area contributed by atoms with Gasteiger partial charge in [-0.05, 0) is 61.5 Å². The largest absolute Gasteiger partial charge is 0.468 e. The van der Waals surface area contributed by atoms with E-state index >= 15 is 0 Å². The fraction of sp³-hybridized carbons (Fsp3) is 0.143. The maximum Gasteiger partial charge on any atom is 0.255 e. The van der Waals surface area contributed by atoms with E-state index in [2.05, 4.69) is 10.3 Å². The van der Waals surface area contributed by atoms with E-state index in [-0.39, 0.29) is 17.3 Å². The standard InChI is InChI=1S/C21H19N3O4S2/c1-14-22-19-12-16(7-10-20(19)29-14)23-21(25)15-5-8-18(9-6-15)30(26,27)24(2)13-17-4-3-11-28-17/h3-12H,13H2,1-2H3,(H,23,25). The number of hydrogen-bond acceptors (Lipinski definition) is 6. The Hall–Kier alpha value is -3.01. The summed E-state index contributed by atoms with van der Waals surface area (Å²) in [7, 11) is -2.22. The fourth-order valence-electron chi connectivity index (χ4n) is 2.99. The maximum atomic E-state index is 12.7. The summed E-state index contributed by atoms with van der Waals surface area (Å²) in [6, 6.07) is 14.8. The Balaban J connectivity index is 1.48. The van der Waals surface area contributed by atoms with Crippen LogP contribution in [0.25, 0.3) is 10.2 Å². The van der Waals surface area contributed by atoms with Crippen molar-refractivity contribution in [2.75, 3.05) is 12.4 Å². The van der Waals surface area contributed by atoms with E-state index in [0.29, 0.717) is 17.0 Å². The quantitative estimate of drug-likeness (QED) is 0.482. The lowest BCUT2D eigenvalue weighted by atomic mass is 10.2. The minimum atomic E-state index is -3.70. The number of anilines is 1. The van der Waals surface area contributed by atoms with Gasteiger partial charge in [-0.2, -0.15) is 4.31 Å². The number of nitrogens with one attached hydrogen (secondary N) is 1. The summed E-state index contributed by atoms with van der Waals surface area (Å²) in [4.78, 5) is 17.1. The van der Waals surface area contributed by atoms with Crippen LogP contribution in [0.5, 0.6) is 0 Å². The minimum absolute atomic E-state index is 0.104. The van der Waals surface area contributed by atoms with Gasteiger partial charge in [-0.15, -0.1) is 11.3 Å². The summed E-state index contributed by atoms with van der Waals surface area (Å²) in [6.45, 7) is 2.06. The second-order valence-electron chi connectivity index (χ2n) is 6.73. The molecule has 0 saturated heterocycles. The molecule has 154 valence electrons. The second kappa shape index (κ2) is 8.02. The van der Waals surface area contributed by atoms with Crippen molar-refractivity contribution in [2.45, 2.75) is 18.4 Å². The molecule has 30 heavy (non-hydrogen) atoms. The molecule has 2 aromatic heterocycles. The third-order valence-electron chi connectivity index (χ3n) is 4.54. The van der Waals surface area contributed by atoms with Crippen molar-refractivity contribution < 1.29 is 17.6 Å². The van der Waals surface area contributed by atoms with Crippen LogP contribution in [0.1, 0.15) is 21.1 Å². The van der Waals surface area contributed by atoms with Crippen molar-refractivity contribution in [1.29, 1.82) is 0 Å². The van der Waals surface area contributed by atoms with Gasteiger partial charge in [0.05, 0.1) is 32.9 Å². The Morgan fingerprint density at radius 3 is 2.63 bits per heavy atom.